The zero-order valence-corrected chi connectivity index (χ0v) is 18.5. The van der Waals surface area contributed by atoms with Crippen LogP contribution in [-0.4, -0.2) is 41.6 Å². The summed E-state index contributed by atoms with van der Waals surface area (Å²) in [7, 11) is 0. The Morgan fingerprint density at radius 2 is 2.03 bits per heavy atom. The highest BCUT2D eigenvalue weighted by atomic mass is 32.1. The lowest BCUT2D eigenvalue weighted by Crippen LogP contribution is -2.41. The summed E-state index contributed by atoms with van der Waals surface area (Å²) in [6.45, 7) is 4.09. The van der Waals surface area contributed by atoms with Gasteiger partial charge < -0.3 is 14.4 Å². The molecule has 0 unspecified atom stereocenters. The molecule has 0 bridgehead atoms. The molecule has 7 heteroatoms. The van der Waals surface area contributed by atoms with E-state index in [-0.39, 0.29) is 17.8 Å². The molecule has 2 heterocycles. The number of halogens is 1. The minimum absolute atomic E-state index is 0.00249. The molecule has 2 aromatic carbocycles. The SMILES string of the molecule is CCCCCOc1cccc(C(=O)N2CCC(Oc3nc4ccc(F)cc4s3)CC2)c1. The number of unbranched alkanes of at least 4 members (excludes halogenated alkanes) is 2. The Balaban J connectivity index is 1.30. The van der Waals surface area contributed by atoms with Crippen LogP contribution in [-0.2, 0) is 0 Å². The molecule has 1 aromatic heterocycles. The van der Waals surface area contributed by atoms with E-state index in [0.717, 1.165) is 48.1 Å². The molecule has 0 radical (unpaired) electrons. The predicted molar refractivity (Wildman–Crippen MR) is 121 cm³/mol. The molecule has 1 amide bonds. The van der Waals surface area contributed by atoms with Crippen molar-refractivity contribution >= 4 is 27.5 Å². The van der Waals surface area contributed by atoms with Gasteiger partial charge in [-0.1, -0.05) is 37.2 Å². The normalized spacial score (nSPS) is 14.7. The Labute approximate surface area is 185 Å². The van der Waals surface area contributed by atoms with E-state index in [4.69, 9.17) is 9.47 Å². The first kappa shape index (κ1) is 21.6. The number of piperidine rings is 1. The average molecular weight is 443 g/mol. The lowest BCUT2D eigenvalue weighted by molar-refractivity contribution is 0.0595. The smallest absolute Gasteiger partial charge is 0.274 e. The number of benzene rings is 2. The van der Waals surface area contributed by atoms with Crippen LogP contribution in [0.1, 0.15) is 49.4 Å². The fourth-order valence-electron chi connectivity index (χ4n) is 3.69. The van der Waals surface area contributed by atoms with Crippen molar-refractivity contribution in [3.05, 3.63) is 53.8 Å². The minimum atomic E-state index is -0.273. The van der Waals surface area contributed by atoms with Crippen LogP contribution in [0.4, 0.5) is 4.39 Å². The first-order valence-corrected chi connectivity index (χ1v) is 11.7. The van der Waals surface area contributed by atoms with Gasteiger partial charge in [0.05, 0.1) is 16.8 Å². The van der Waals surface area contributed by atoms with Crippen LogP contribution in [0.3, 0.4) is 0 Å². The molecule has 0 saturated carbocycles. The molecule has 5 nitrogen and oxygen atoms in total. The number of rotatable bonds is 8. The van der Waals surface area contributed by atoms with Crippen molar-refractivity contribution in [1.82, 2.24) is 9.88 Å². The third-order valence-electron chi connectivity index (χ3n) is 5.43. The van der Waals surface area contributed by atoms with Gasteiger partial charge in [-0.25, -0.2) is 9.37 Å². The molecule has 3 aromatic rings. The summed E-state index contributed by atoms with van der Waals surface area (Å²) in [4.78, 5) is 19.2. The van der Waals surface area contributed by atoms with Gasteiger partial charge in [0.2, 0.25) is 0 Å². The summed E-state index contributed by atoms with van der Waals surface area (Å²) >= 11 is 1.35. The third kappa shape index (κ3) is 5.53. The highest BCUT2D eigenvalue weighted by Gasteiger charge is 2.25. The molecule has 4 rings (SSSR count). The van der Waals surface area contributed by atoms with Gasteiger partial charge in [0, 0.05) is 31.5 Å². The van der Waals surface area contributed by atoms with Crippen LogP contribution in [0.5, 0.6) is 10.9 Å². The number of carbonyl (C=O) groups is 1. The van der Waals surface area contributed by atoms with Gasteiger partial charge >= 0.3 is 0 Å². The number of amides is 1. The number of fused-ring (bicyclic) bond motifs is 1. The first-order valence-electron chi connectivity index (χ1n) is 10.9. The van der Waals surface area contributed by atoms with Gasteiger partial charge in [0.15, 0.2) is 0 Å². The van der Waals surface area contributed by atoms with Crippen molar-refractivity contribution in [3.8, 4) is 10.9 Å². The Hall–Kier alpha value is -2.67. The molecule has 1 saturated heterocycles. The van der Waals surface area contributed by atoms with E-state index < -0.39 is 0 Å². The van der Waals surface area contributed by atoms with E-state index in [1.54, 1.807) is 6.07 Å². The maximum atomic E-state index is 13.4. The maximum absolute atomic E-state index is 13.4. The zero-order valence-electron chi connectivity index (χ0n) is 17.7. The lowest BCUT2D eigenvalue weighted by Gasteiger charge is -2.31. The van der Waals surface area contributed by atoms with Gasteiger partial charge in [0.1, 0.15) is 17.7 Å². The predicted octanol–water partition coefficient (Wildman–Crippen LogP) is 5.69. The molecule has 0 N–H and O–H groups in total. The van der Waals surface area contributed by atoms with Crippen molar-refractivity contribution in [2.24, 2.45) is 0 Å². The number of carbonyl (C=O) groups excluding carboxylic acids is 1. The van der Waals surface area contributed by atoms with Crippen LogP contribution in [0, 0.1) is 5.82 Å². The number of ether oxygens (including phenoxy) is 2. The maximum Gasteiger partial charge on any atom is 0.274 e. The van der Waals surface area contributed by atoms with E-state index in [9.17, 15) is 9.18 Å². The van der Waals surface area contributed by atoms with Gasteiger partial charge in [-0.2, -0.15) is 0 Å². The molecule has 0 atom stereocenters. The highest BCUT2D eigenvalue weighted by Crippen LogP contribution is 2.30. The topological polar surface area (TPSA) is 51.7 Å². The van der Waals surface area contributed by atoms with Crippen molar-refractivity contribution in [2.45, 2.75) is 45.1 Å². The summed E-state index contributed by atoms with van der Waals surface area (Å²) in [5.74, 6) is 0.491. The van der Waals surface area contributed by atoms with Gasteiger partial charge in [0.25, 0.3) is 11.1 Å². The summed E-state index contributed by atoms with van der Waals surface area (Å²) in [5.41, 5.74) is 1.39. The van der Waals surface area contributed by atoms with E-state index in [2.05, 4.69) is 11.9 Å². The summed E-state index contributed by atoms with van der Waals surface area (Å²) < 4.78 is 26.0. The lowest BCUT2D eigenvalue weighted by atomic mass is 10.1. The molecule has 0 aliphatic carbocycles. The Bertz CT molecular complexity index is 1030. The molecule has 1 aliphatic rings. The number of aromatic nitrogens is 1. The number of hydrogen-bond acceptors (Lipinski definition) is 5. The second kappa shape index (κ2) is 10.1. The average Bonchev–Trinajstić information content (AvgIpc) is 3.18. The zero-order chi connectivity index (χ0) is 21.6. The number of thiazole rings is 1. The van der Waals surface area contributed by atoms with Crippen LogP contribution >= 0.6 is 11.3 Å². The Morgan fingerprint density at radius 1 is 1.19 bits per heavy atom. The minimum Gasteiger partial charge on any atom is -0.494 e. The number of nitrogens with zero attached hydrogens (tertiary/aromatic N) is 2. The third-order valence-corrected chi connectivity index (χ3v) is 6.33. The monoisotopic (exact) mass is 442 g/mol. The fraction of sp³-hybridized carbons (Fsp3) is 0.417. The second-order valence-corrected chi connectivity index (χ2v) is 8.78. The molecular weight excluding hydrogens is 415 g/mol. The standard InChI is InChI=1S/C24H27FN2O3S/c1-2-3-4-14-29-20-7-5-6-17(15-20)23(28)27-12-10-19(11-13-27)30-24-26-21-9-8-18(25)16-22(21)31-24/h5-9,15-16,19H,2-4,10-14H2,1H3. The number of likely N-dealkylation sites (tertiary alicyclic amines) is 1. The van der Waals surface area contributed by atoms with E-state index in [1.807, 2.05) is 29.2 Å². The van der Waals surface area contributed by atoms with E-state index in [0.29, 0.717) is 30.5 Å². The van der Waals surface area contributed by atoms with Crippen molar-refractivity contribution in [2.75, 3.05) is 19.7 Å². The largest absolute Gasteiger partial charge is 0.494 e. The molecular formula is C24H27FN2O3S. The summed E-state index contributed by atoms with van der Waals surface area (Å²) in [6, 6.07) is 12.0. The van der Waals surface area contributed by atoms with Crippen LogP contribution < -0.4 is 9.47 Å². The fourth-order valence-corrected chi connectivity index (χ4v) is 4.60. The van der Waals surface area contributed by atoms with Crippen molar-refractivity contribution in [1.29, 1.82) is 0 Å². The second-order valence-electron chi connectivity index (χ2n) is 7.78. The highest BCUT2D eigenvalue weighted by molar-refractivity contribution is 7.20. The Morgan fingerprint density at radius 3 is 2.84 bits per heavy atom. The van der Waals surface area contributed by atoms with Gasteiger partial charge in [-0.05, 0) is 42.8 Å². The molecule has 31 heavy (non-hydrogen) atoms. The van der Waals surface area contributed by atoms with Crippen LogP contribution in [0.2, 0.25) is 0 Å². The van der Waals surface area contributed by atoms with Crippen molar-refractivity contribution in [3.63, 3.8) is 0 Å². The number of hydrogen-bond donors (Lipinski definition) is 0. The summed E-state index contributed by atoms with van der Waals surface area (Å²) in [5, 5.41) is 0.554. The molecule has 0 spiro atoms. The van der Waals surface area contributed by atoms with Gasteiger partial charge in [-0.15, -0.1) is 0 Å². The van der Waals surface area contributed by atoms with E-state index >= 15 is 0 Å². The van der Waals surface area contributed by atoms with E-state index in [1.165, 1.54) is 23.5 Å². The molecule has 164 valence electrons. The quantitative estimate of drug-likeness (QED) is 0.421. The van der Waals surface area contributed by atoms with Crippen LogP contribution in [0.15, 0.2) is 42.5 Å². The Kier molecular flexibility index (Phi) is 7.02. The van der Waals surface area contributed by atoms with Crippen molar-refractivity contribution < 1.29 is 18.7 Å². The van der Waals surface area contributed by atoms with Crippen LogP contribution in [0.25, 0.3) is 10.2 Å². The first-order chi connectivity index (χ1) is 15.1. The van der Waals surface area contributed by atoms with Gasteiger partial charge in [-0.3, -0.25) is 4.79 Å². The summed E-state index contributed by atoms with van der Waals surface area (Å²) in [6.07, 6.45) is 4.80. The molecule has 1 fully saturated rings. The molecule has 1 aliphatic heterocycles.